The number of hydrogen-bond donors (Lipinski definition) is 2. The van der Waals surface area contributed by atoms with Crippen molar-refractivity contribution in [2.75, 3.05) is 26.2 Å². The Kier molecular flexibility index (Phi) is 5.14. The first kappa shape index (κ1) is 15.4. The number of aliphatic carboxylic acids is 1. The molecule has 0 atom stereocenters. The molecule has 20 heavy (non-hydrogen) atoms. The van der Waals surface area contributed by atoms with Gasteiger partial charge in [0.05, 0.1) is 6.42 Å². The first-order valence-electron chi connectivity index (χ1n) is 6.50. The van der Waals surface area contributed by atoms with Crippen molar-refractivity contribution in [1.82, 2.24) is 9.62 Å². The monoisotopic (exact) mass is 318 g/mol. The van der Waals surface area contributed by atoms with Gasteiger partial charge in [0.2, 0.25) is 10.0 Å². The van der Waals surface area contributed by atoms with E-state index in [0.29, 0.717) is 18.0 Å². The van der Waals surface area contributed by atoms with Crippen molar-refractivity contribution in [3.05, 3.63) is 17.0 Å². The molecular weight excluding hydrogens is 300 g/mol. The normalized spacial score (nSPS) is 16.6. The van der Waals surface area contributed by atoms with E-state index in [1.807, 2.05) is 0 Å². The molecule has 2 rings (SSSR count). The molecule has 112 valence electrons. The smallest absolute Gasteiger partial charge is 0.308 e. The summed E-state index contributed by atoms with van der Waals surface area (Å²) in [6.45, 7) is 3.16. The fourth-order valence-corrected chi connectivity index (χ4v) is 4.57. The summed E-state index contributed by atoms with van der Waals surface area (Å²) in [5.41, 5.74) is 0. The molecule has 0 radical (unpaired) electrons. The number of thiophene rings is 1. The number of sulfonamides is 1. The second-order valence-corrected chi connectivity index (χ2v) is 7.90. The zero-order valence-corrected chi connectivity index (χ0v) is 12.7. The van der Waals surface area contributed by atoms with E-state index >= 15 is 0 Å². The van der Waals surface area contributed by atoms with Crippen molar-refractivity contribution >= 4 is 27.3 Å². The van der Waals surface area contributed by atoms with Gasteiger partial charge in [-0.15, -0.1) is 11.3 Å². The lowest BCUT2D eigenvalue weighted by atomic mass is 10.3. The van der Waals surface area contributed by atoms with Gasteiger partial charge in [0.15, 0.2) is 0 Å². The van der Waals surface area contributed by atoms with Crippen LogP contribution in [-0.4, -0.2) is 50.6 Å². The standard InChI is InChI=1S/C12H18N2O4S2/c15-11(16)9-10-3-4-12(19-10)20(17,18)13-5-8-14-6-1-2-7-14/h3-4,13H,1-2,5-9H2,(H,15,16). The Morgan fingerprint density at radius 2 is 2.05 bits per heavy atom. The van der Waals surface area contributed by atoms with E-state index < -0.39 is 16.0 Å². The number of likely N-dealkylation sites (tertiary alicyclic amines) is 1. The molecule has 1 aliphatic rings. The van der Waals surface area contributed by atoms with Crippen molar-refractivity contribution in [2.24, 2.45) is 0 Å². The van der Waals surface area contributed by atoms with E-state index in [2.05, 4.69) is 9.62 Å². The van der Waals surface area contributed by atoms with Crippen molar-refractivity contribution in [2.45, 2.75) is 23.5 Å². The van der Waals surface area contributed by atoms with Crippen LogP contribution in [0.25, 0.3) is 0 Å². The van der Waals surface area contributed by atoms with Gasteiger partial charge in [-0.3, -0.25) is 4.79 Å². The lowest BCUT2D eigenvalue weighted by Gasteiger charge is -2.14. The average Bonchev–Trinajstić information content (AvgIpc) is 2.99. The second-order valence-electron chi connectivity index (χ2n) is 4.74. The molecule has 0 amide bonds. The van der Waals surface area contributed by atoms with Gasteiger partial charge in [0.1, 0.15) is 4.21 Å². The number of nitrogens with zero attached hydrogens (tertiary/aromatic N) is 1. The summed E-state index contributed by atoms with van der Waals surface area (Å²) in [6, 6.07) is 3.01. The molecule has 0 saturated carbocycles. The van der Waals surface area contributed by atoms with Crippen LogP contribution in [0.5, 0.6) is 0 Å². The van der Waals surface area contributed by atoms with E-state index in [9.17, 15) is 13.2 Å². The summed E-state index contributed by atoms with van der Waals surface area (Å²) in [6.07, 6.45) is 2.21. The number of nitrogens with one attached hydrogen (secondary N) is 1. The summed E-state index contributed by atoms with van der Waals surface area (Å²) >= 11 is 1.01. The first-order chi connectivity index (χ1) is 9.47. The van der Waals surface area contributed by atoms with Gasteiger partial charge >= 0.3 is 5.97 Å². The largest absolute Gasteiger partial charge is 0.481 e. The van der Waals surface area contributed by atoms with E-state index in [1.54, 1.807) is 6.07 Å². The molecule has 2 N–H and O–H groups in total. The highest BCUT2D eigenvalue weighted by atomic mass is 32.2. The van der Waals surface area contributed by atoms with Crippen LogP contribution in [-0.2, 0) is 21.2 Å². The van der Waals surface area contributed by atoms with Gasteiger partial charge in [-0.1, -0.05) is 0 Å². The third kappa shape index (κ3) is 4.27. The maximum atomic E-state index is 12.0. The first-order valence-corrected chi connectivity index (χ1v) is 8.80. The Balaban J connectivity index is 1.88. The van der Waals surface area contributed by atoms with E-state index in [1.165, 1.54) is 18.9 Å². The Morgan fingerprint density at radius 3 is 2.70 bits per heavy atom. The van der Waals surface area contributed by atoms with Gasteiger partial charge in [-0.05, 0) is 38.1 Å². The third-order valence-electron chi connectivity index (χ3n) is 3.15. The molecule has 0 unspecified atom stereocenters. The SMILES string of the molecule is O=C(O)Cc1ccc(S(=O)(=O)NCCN2CCCC2)s1. The second kappa shape index (κ2) is 6.66. The molecule has 1 aromatic heterocycles. The summed E-state index contributed by atoms with van der Waals surface area (Å²) in [4.78, 5) is 13.4. The zero-order valence-electron chi connectivity index (χ0n) is 11.0. The van der Waals surface area contributed by atoms with Crippen LogP contribution < -0.4 is 4.72 Å². The number of hydrogen-bond acceptors (Lipinski definition) is 5. The minimum Gasteiger partial charge on any atom is -0.481 e. The lowest BCUT2D eigenvalue weighted by Crippen LogP contribution is -2.33. The number of rotatable bonds is 7. The van der Waals surface area contributed by atoms with Crippen molar-refractivity contribution in [3.8, 4) is 0 Å². The predicted octanol–water partition coefficient (Wildman–Crippen LogP) is 0.749. The molecule has 0 spiro atoms. The quantitative estimate of drug-likeness (QED) is 0.775. The minimum atomic E-state index is -3.52. The molecule has 2 heterocycles. The Morgan fingerprint density at radius 1 is 1.35 bits per heavy atom. The van der Waals surface area contributed by atoms with Crippen LogP contribution >= 0.6 is 11.3 Å². The molecule has 1 aromatic rings. The number of carboxylic acids is 1. The fourth-order valence-electron chi connectivity index (χ4n) is 2.16. The molecule has 6 nitrogen and oxygen atoms in total. The zero-order chi connectivity index (χ0) is 14.6. The summed E-state index contributed by atoms with van der Waals surface area (Å²) < 4.78 is 26.8. The van der Waals surface area contributed by atoms with Crippen molar-refractivity contribution < 1.29 is 18.3 Å². The van der Waals surface area contributed by atoms with Crippen LogP contribution in [0.3, 0.4) is 0 Å². The van der Waals surface area contributed by atoms with Crippen LogP contribution in [0.2, 0.25) is 0 Å². The Bertz CT molecular complexity index is 562. The molecule has 8 heteroatoms. The number of carboxylic acid groups (broad SMARTS) is 1. The van der Waals surface area contributed by atoms with Gasteiger partial charge in [0, 0.05) is 18.0 Å². The maximum absolute atomic E-state index is 12.0. The minimum absolute atomic E-state index is 0.145. The van der Waals surface area contributed by atoms with Crippen LogP contribution in [0, 0.1) is 0 Å². The van der Waals surface area contributed by atoms with Crippen molar-refractivity contribution in [1.29, 1.82) is 0 Å². The van der Waals surface area contributed by atoms with Crippen LogP contribution in [0.1, 0.15) is 17.7 Å². The van der Waals surface area contributed by atoms with Gasteiger partial charge in [-0.2, -0.15) is 0 Å². The summed E-state index contributed by atoms with van der Waals surface area (Å²) in [7, 11) is -3.52. The molecular formula is C12H18N2O4S2. The topological polar surface area (TPSA) is 86.7 Å². The molecule has 1 saturated heterocycles. The summed E-state index contributed by atoms with van der Waals surface area (Å²) in [5, 5.41) is 8.68. The third-order valence-corrected chi connectivity index (χ3v) is 6.18. The van der Waals surface area contributed by atoms with Gasteiger partial charge in [-0.25, -0.2) is 13.1 Å². The predicted molar refractivity (Wildman–Crippen MR) is 76.5 cm³/mol. The van der Waals surface area contributed by atoms with Gasteiger partial charge < -0.3 is 10.0 Å². The maximum Gasteiger partial charge on any atom is 0.308 e. The van der Waals surface area contributed by atoms with Crippen LogP contribution in [0.4, 0.5) is 0 Å². The van der Waals surface area contributed by atoms with Gasteiger partial charge in [0.25, 0.3) is 0 Å². The Labute approximate surface area is 122 Å². The average molecular weight is 318 g/mol. The molecule has 0 aliphatic carbocycles. The van der Waals surface area contributed by atoms with Crippen molar-refractivity contribution in [3.63, 3.8) is 0 Å². The highest BCUT2D eigenvalue weighted by Gasteiger charge is 2.18. The lowest BCUT2D eigenvalue weighted by molar-refractivity contribution is -0.136. The number of carbonyl (C=O) groups is 1. The molecule has 1 aliphatic heterocycles. The van der Waals surface area contributed by atoms with Crippen LogP contribution in [0.15, 0.2) is 16.3 Å². The van der Waals surface area contributed by atoms with E-state index in [0.717, 1.165) is 24.4 Å². The van der Waals surface area contributed by atoms with E-state index in [-0.39, 0.29) is 10.6 Å². The fraction of sp³-hybridized carbons (Fsp3) is 0.583. The summed E-state index contributed by atoms with van der Waals surface area (Å²) in [5.74, 6) is -0.960. The highest BCUT2D eigenvalue weighted by Crippen LogP contribution is 2.21. The molecule has 0 bridgehead atoms. The molecule has 0 aromatic carbocycles. The highest BCUT2D eigenvalue weighted by molar-refractivity contribution is 7.91. The Hall–Kier alpha value is -0.960. The molecule has 1 fully saturated rings. The van der Waals surface area contributed by atoms with E-state index in [4.69, 9.17) is 5.11 Å².